The summed E-state index contributed by atoms with van der Waals surface area (Å²) in [7, 11) is 0. The van der Waals surface area contributed by atoms with Gasteiger partial charge in [0.05, 0.1) is 0 Å². The molecule has 0 amide bonds. The van der Waals surface area contributed by atoms with Crippen LogP contribution < -0.4 is 0 Å². The molecule has 6 heteroatoms. The van der Waals surface area contributed by atoms with E-state index in [1.165, 1.54) is 12.1 Å². The van der Waals surface area contributed by atoms with Gasteiger partial charge in [0.15, 0.2) is 11.6 Å². The number of benzene rings is 2. The van der Waals surface area contributed by atoms with Gasteiger partial charge in [-0.15, -0.1) is 0 Å². The summed E-state index contributed by atoms with van der Waals surface area (Å²) in [6.45, 7) is 0. The molecular weight excluding hydrogens is 344 g/mol. The second-order valence-corrected chi connectivity index (χ2v) is 5.25. The fraction of sp³-hybridized carbons (Fsp3) is 0.0769. The Morgan fingerprint density at radius 2 is 1.58 bits per heavy atom. The lowest BCUT2D eigenvalue weighted by atomic mass is 10.0. The number of aliphatic hydroxyl groups is 1. The van der Waals surface area contributed by atoms with Crippen molar-refractivity contribution < 1.29 is 18.3 Å². The quantitative estimate of drug-likeness (QED) is 0.784. The van der Waals surface area contributed by atoms with Crippen LogP contribution in [0.1, 0.15) is 17.2 Å². The standard InChI is InChI=1S/C13H7BrClF3O/c14-7-1-6(2-8(15)3-7)13(19)9-4-11(17)12(18)5-10(9)16/h1-5,13,19H. The normalized spacial score (nSPS) is 12.5. The van der Waals surface area contributed by atoms with E-state index in [9.17, 15) is 18.3 Å². The third kappa shape index (κ3) is 3.11. The SMILES string of the molecule is OC(c1cc(Cl)cc(Br)c1)c1cc(F)c(F)cc1F. The van der Waals surface area contributed by atoms with Crippen molar-refractivity contribution in [2.24, 2.45) is 0 Å². The van der Waals surface area contributed by atoms with E-state index in [2.05, 4.69) is 15.9 Å². The third-order valence-corrected chi connectivity index (χ3v) is 3.21. The average molecular weight is 352 g/mol. The number of hydrogen-bond acceptors (Lipinski definition) is 1. The molecule has 0 spiro atoms. The molecule has 0 bridgehead atoms. The van der Waals surface area contributed by atoms with Crippen molar-refractivity contribution in [1.29, 1.82) is 0 Å². The van der Waals surface area contributed by atoms with Crippen molar-refractivity contribution in [2.75, 3.05) is 0 Å². The van der Waals surface area contributed by atoms with E-state index >= 15 is 0 Å². The predicted octanol–water partition coefficient (Wildman–Crippen LogP) is 4.60. The van der Waals surface area contributed by atoms with Gasteiger partial charge in [0.25, 0.3) is 0 Å². The van der Waals surface area contributed by atoms with Crippen molar-refractivity contribution >= 4 is 27.5 Å². The van der Waals surface area contributed by atoms with Gasteiger partial charge in [-0.05, 0) is 29.8 Å². The highest BCUT2D eigenvalue weighted by molar-refractivity contribution is 9.10. The summed E-state index contributed by atoms with van der Waals surface area (Å²) in [6.07, 6.45) is -1.44. The third-order valence-electron chi connectivity index (χ3n) is 2.53. The lowest BCUT2D eigenvalue weighted by Crippen LogP contribution is -2.04. The molecule has 2 rings (SSSR count). The van der Waals surface area contributed by atoms with Gasteiger partial charge in [0.2, 0.25) is 0 Å². The maximum absolute atomic E-state index is 13.6. The molecule has 1 unspecified atom stereocenters. The van der Waals surface area contributed by atoms with Gasteiger partial charge in [0, 0.05) is 21.1 Å². The molecular formula is C13H7BrClF3O. The Hall–Kier alpha value is -1.04. The Morgan fingerprint density at radius 3 is 2.21 bits per heavy atom. The molecule has 0 heterocycles. The molecule has 0 saturated carbocycles. The zero-order valence-electron chi connectivity index (χ0n) is 9.30. The first kappa shape index (κ1) is 14.4. The van der Waals surface area contributed by atoms with Gasteiger partial charge < -0.3 is 5.11 Å². The Bertz CT molecular complexity index is 613. The van der Waals surface area contributed by atoms with E-state index in [-0.39, 0.29) is 11.1 Å². The lowest BCUT2D eigenvalue weighted by molar-refractivity contribution is 0.214. The monoisotopic (exact) mass is 350 g/mol. The van der Waals surface area contributed by atoms with E-state index in [0.29, 0.717) is 21.6 Å². The van der Waals surface area contributed by atoms with Crippen LogP contribution in [0.15, 0.2) is 34.8 Å². The van der Waals surface area contributed by atoms with Crippen LogP contribution >= 0.6 is 27.5 Å². The smallest absolute Gasteiger partial charge is 0.161 e. The number of rotatable bonds is 2. The average Bonchev–Trinajstić information content (AvgIpc) is 2.31. The minimum absolute atomic E-state index is 0.268. The summed E-state index contributed by atoms with van der Waals surface area (Å²) in [5.74, 6) is -3.56. The number of halogens is 5. The lowest BCUT2D eigenvalue weighted by Gasteiger charge is -2.13. The molecule has 0 saturated heterocycles. The Balaban J connectivity index is 2.49. The highest BCUT2D eigenvalue weighted by Gasteiger charge is 2.19. The minimum Gasteiger partial charge on any atom is -0.384 e. The first-order valence-electron chi connectivity index (χ1n) is 5.17. The Kier molecular flexibility index (Phi) is 4.18. The number of hydrogen-bond donors (Lipinski definition) is 1. The van der Waals surface area contributed by atoms with Crippen LogP contribution in [0.2, 0.25) is 5.02 Å². The number of aliphatic hydroxyl groups excluding tert-OH is 1. The summed E-state index contributed by atoms with van der Waals surface area (Å²) in [5.41, 5.74) is -0.0858. The molecule has 1 nitrogen and oxygen atoms in total. The van der Waals surface area contributed by atoms with Crippen LogP contribution in [0.5, 0.6) is 0 Å². The first-order chi connectivity index (χ1) is 8.88. The summed E-state index contributed by atoms with van der Waals surface area (Å²) in [4.78, 5) is 0. The van der Waals surface area contributed by atoms with Gasteiger partial charge in [0.1, 0.15) is 11.9 Å². The predicted molar refractivity (Wildman–Crippen MR) is 69.5 cm³/mol. The second-order valence-electron chi connectivity index (χ2n) is 3.89. The topological polar surface area (TPSA) is 20.2 Å². The van der Waals surface area contributed by atoms with E-state index in [1.54, 1.807) is 6.07 Å². The van der Waals surface area contributed by atoms with Crippen molar-refractivity contribution in [1.82, 2.24) is 0 Å². The zero-order valence-corrected chi connectivity index (χ0v) is 11.6. The summed E-state index contributed by atoms with van der Waals surface area (Å²) in [5, 5.41) is 10.4. The molecule has 1 N–H and O–H groups in total. The molecule has 0 aliphatic rings. The van der Waals surface area contributed by atoms with Crippen molar-refractivity contribution in [3.63, 3.8) is 0 Å². The minimum atomic E-state index is -1.44. The van der Waals surface area contributed by atoms with Crippen LogP contribution in [0.3, 0.4) is 0 Å². The molecule has 0 fully saturated rings. The van der Waals surface area contributed by atoms with E-state index in [4.69, 9.17) is 11.6 Å². The molecule has 0 aromatic heterocycles. The maximum atomic E-state index is 13.6. The highest BCUT2D eigenvalue weighted by Crippen LogP contribution is 2.30. The molecule has 0 aliphatic carbocycles. The van der Waals surface area contributed by atoms with Crippen LogP contribution in [0, 0.1) is 17.5 Å². The van der Waals surface area contributed by atoms with Gasteiger partial charge in [-0.3, -0.25) is 0 Å². The van der Waals surface area contributed by atoms with Crippen molar-refractivity contribution in [3.05, 3.63) is 68.4 Å². The van der Waals surface area contributed by atoms with Crippen LogP contribution in [-0.4, -0.2) is 5.11 Å². The van der Waals surface area contributed by atoms with Crippen molar-refractivity contribution in [3.8, 4) is 0 Å². The molecule has 19 heavy (non-hydrogen) atoms. The summed E-state index contributed by atoms with van der Waals surface area (Å²) >= 11 is 8.98. The molecule has 1 atom stereocenters. The second kappa shape index (κ2) is 5.53. The largest absolute Gasteiger partial charge is 0.384 e. The highest BCUT2D eigenvalue weighted by atomic mass is 79.9. The van der Waals surface area contributed by atoms with E-state index < -0.39 is 23.6 Å². The molecule has 0 aliphatic heterocycles. The van der Waals surface area contributed by atoms with Gasteiger partial charge >= 0.3 is 0 Å². The summed E-state index contributed by atoms with van der Waals surface area (Å²) in [6, 6.07) is 5.53. The van der Waals surface area contributed by atoms with Crippen LogP contribution in [-0.2, 0) is 0 Å². The van der Waals surface area contributed by atoms with E-state index in [0.717, 1.165) is 0 Å². The molecule has 2 aromatic carbocycles. The van der Waals surface area contributed by atoms with Crippen LogP contribution in [0.4, 0.5) is 13.2 Å². The van der Waals surface area contributed by atoms with Crippen LogP contribution in [0.25, 0.3) is 0 Å². The fourth-order valence-corrected chi connectivity index (χ4v) is 2.55. The summed E-state index contributed by atoms with van der Waals surface area (Å²) < 4.78 is 40.1. The Morgan fingerprint density at radius 1 is 0.947 bits per heavy atom. The molecule has 2 aromatic rings. The zero-order chi connectivity index (χ0) is 14.2. The Labute approximate surface area is 120 Å². The first-order valence-corrected chi connectivity index (χ1v) is 6.34. The molecule has 100 valence electrons. The van der Waals surface area contributed by atoms with Crippen molar-refractivity contribution in [2.45, 2.75) is 6.10 Å². The fourth-order valence-electron chi connectivity index (χ4n) is 1.66. The van der Waals surface area contributed by atoms with E-state index in [1.807, 2.05) is 0 Å². The van der Waals surface area contributed by atoms with Gasteiger partial charge in [-0.25, -0.2) is 13.2 Å². The van der Waals surface area contributed by atoms with Gasteiger partial charge in [-0.2, -0.15) is 0 Å². The maximum Gasteiger partial charge on any atom is 0.161 e. The molecule has 0 radical (unpaired) electrons. The van der Waals surface area contributed by atoms with Gasteiger partial charge in [-0.1, -0.05) is 27.5 Å².